The van der Waals surface area contributed by atoms with E-state index in [1.165, 1.54) is 56.9 Å². The Labute approximate surface area is 182 Å². The summed E-state index contributed by atoms with van der Waals surface area (Å²) in [4.78, 5) is 0. The van der Waals surface area contributed by atoms with Gasteiger partial charge in [0.15, 0.2) is 6.29 Å². The Morgan fingerprint density at radius 1 is 0.828 bits per heavy atom. The molecule has 0 radical (unpaired) electrons. The summed E-state index contributed by atoms with van der Waals surface area (Å²) < 4.78 is 12.2. The van der Waals surface area contributed by atoms with E-state index < -0.39 is 0 Å². The second kappa shape index (κ2) is 10.5. The summed E-state index contributed by atoms with van der Waals surface area (Å²) in [5, 5.41) is 0.845. The third-order valence-electron chi connectivity index (χ3n) is 7.75. The molecule has 1 saturated heterocycles. The van der Waals surface area contributed by atoms with Crippen LogP contribution in [0.25, 0.3) is 0 Å². The molecular weight excluding hydrogens is 380 g/mol. The van der Waals surface area contributed by atoms with Gasteiger partial charge in [-0.2, -0.15) is 0 Å². The smallest absolute Gasteiger partial charge is 0.160 e. The van der Waals surface area contributed by atoms with Crippen LogP contribution in [0.5, 0.6) is 0 Å². The number of benzene rings is 1. The van der Waals surface area contributed by atoms with Gasteiger partial charge in [0, 0.05) is 16.9 Å². The first-order chi connectivity index (χ1) is 14.2. The van der Waals surface area contributed by atoms with Crippen molar-refractivity contribution in [3.63, 3.8) is 0 Å². The monoisotopic (exact) mass is 416 g/mol. The van der Waals surface area contributed by atoms with Gasteiger partial charge in [-0.15, -0.1) is 6.58 Å². The van der Waals surface area contributed by atoms with Crippen LogP contribution in [0.4, 0.5) is 0 Å². The summed E-state index contributed by atoms with van der Waals surface area (Å²) in [5.74, 6) is 3.74. The Morgan fingerprint density at radius 3 is 1.97 bits per heavy atom. The zero-order valence-electron chi connectivity index (χ0n) is 17.7. The number of hydrogen-bond donors (Lipinski definition) is 0. The lowest BCUT2D eigenvalue weighted by molar-refractivity contribution is -0.230. The maximum atomic E-state index is 6.11. The molecule has 4 rings (SSSR count). The van der Waals surface area contributed by atoms with Gasteiger partial charge in [0.05, 0.1) is 13.2 Å². The molecule has 2 nitrogen and oxygen atoms in total. The van der Waals surface area contributed by atoms with E-state index >= 15 is 0 Å². The maximum absolute atomic E-state index is 6.11. The van der Waals surface area contributed by atoms with Gasteiger partial charge in [0.1, 0.15) is 0 Å². The van der Waals surface area contributed by atoms with Gasteiger partial charge in [-0.1, -0.05) is 29.8 Å². The highest BCUT2D eigenvalue weighted by molar-refractivity contribution is 6.30. The van der Waals surface area contributed by atoms with Crippen molar-refractivity contribution in [3.05, 3.63) is 47.5 Å². The largest absolute Gasteiger partial charge is 0.352 e. The summed E-state index contributed by atoms with van der Waals surface area (Å²) in [6, 6.07) is 8.54. The first-order valence-corrected chi connectivity index (χ1v) is 12.2. The summed E-state index contributed by atoms with van der Waals surface area (Å²) in [5.41, 5.74) is 1.48. The molecule has 0 amide bonds. The maximum Gasteiger partial charge on any atom is 0.160 e. The SMILES string of the molecule is C=CCC[C@H]1CO[C@H]([C@H]2CC[C@H]([C@H]3CC[C@H](c4ccc(Cl)cc4)CC3)CC2)OC1. The van der Waals surface area contributed by atoms with Gasteiger partial charge in [0.25, 0.3) is 0 Å². The van der Waals surface area contributed by atoms with E-state index in [4.69, 9.17) is 21.1 Å². The molecule has 3 heteroatoms. The van der Waals surface area contributed by atoms with Crippen LogP contribution in [0.3, 0.4) is 0 Å². The molecule has 2 saturated carbocycles. The van der Waals surface area contributed by atoms with E-state index in [0.717, 1.165) is 48.8 Å². The van der Waals surface area contributed by atoms with Gasteiger partial charge in [-0.25, -0.2) is 0 Å². The molecule has 1 aromatic carbocycles. The van der Waals surface area contributed by atoms with E-state index in [9.17, 15) is 0 Å². The van der Waals surface area contributed by atoms with Crippen LogP contribution in [0.2, 0.25) is 5.02 Å². The third-order valence-corrected chi connectivity index (χ3v) is 8.00. The number of ether oxygens (including phenoxy) is 2. The average molecular weight is 417 g/mol. The van der Waals surface area contributed by atoms with Crippen LogP contribution in [0.15, 0.2) is 36.9 Å². The third kappa shape index (κ3) is 5.66. The molecule has 3 fully saturated rings. The van der Waals surface area contributed by atoms with Crippen LogP contribution in [-0.2, 0) is 9.47 Å². The van der Waals surface area contributed by atoms with E-state index in [2.05, 4.69) is 18.7 Å². The van der Waals surface area contributed by atoms with Crippen molar-refractivity contribution in [1.82, 2.24) is 0 Å². The summed E-state index contributed by atoms with van der Waals surface area (Å²) >= 11 is 6.05. The summed E-state index contributed by atoms with van der Waals surface area (Å²) in [6.07, 6.45) is 15.0. The van der Waals surface area contributed by atoms with Crippen molar-refractivity contribution < 1.29 is 9.47 Å². The molecule has 0 spiro atoms. The predicted molar refractivity (Wildman–Crippen MR) is 120 cm³/mol. The van der Waals surface area contributed by atoms with Gasteiger partial charge in [-0.05, 0) is 99.7 Å². The normalized spacial score (nSPS) is 35.9. The standard InChI is InChI=1S/C26H37ClO2/c1-2-3-4-19-17-28-26(29-18-19)24-11-9-22(10-12-24)20-5-7-21(8-6-20)23-13-15-25(27)16-14-23/h2,13-16,19-22,24,26H,1,3-12,17-18H2/t19-,20-,21-,22-,24-,26-. The first kappa shape index (κ1) is 21.4. The first-order valence-electron chi connectivity index (χ1n) is 11.8. The molecular formula is C26H37ClO2. The Hall–Kier alpha value is -0.830. The minimum atomic E-state index is 0.0524. The second-order valence-corrected chi connectivity index (χ2v) is 10.0. The van der Waals surface area contributed by atoms with Crippen LogP contribution >= 0.6 is 11.6 Å². The minimum Gasteiger partial charge on any atom is -0.352 e. The van der Waals surface area contributed by atoms with Crippen LogP contribution in [0, 0.1) is 23.7 Å². The Kier molecular flexibility index (Phi) is 7.72. The van der Waals surface area contributed by atoms with Crippen molar-refractivity contribution in [1.29, 1.82) is 0 Å². The molecule has 2 aliphatic carbocycles. The highest BCUT2D eigenvalue weighted by Gasteiger charge is 2.35. The van der Waals surface area contributed by atoms with Crippen molar-refractivity contribution in [2.24, 2.45) is 23.7 Å². The number of allylic oxidation sites excluding steroid dienone is 1. The molecule has 160 valence electrons. The lowest BCUT2D eigenvalue weighted by Gasteiger charge is -2.41. The Bertz CT molecular complexity index is 619. The van der Waals surface area contributed by atoms with Gasteiger partial charge in [-0.3, -0.25) is 0 Å². The van der Waals surface area contributed by atoms with Crippen molar-refractivity contribution in [2.45, 2.75) is 76.4 Å². The lowest BCUT2D eigenvalue weighted by atomic mass is 9.68. The predicted octanol–water partition coefficient (Wildman–Crippen LogP) is 7.38. The Balaban J connectivity index is 1.18. The molecule has 3 aliphatic rings. The highest BCUT2D eigenvalue weighted by atomic mass is 35.5. The topological polar surface area (TPSA) is 18.5 Å². The fourth-order valence-electron chi connectivity index (χ4n) is 5.90. The molecule has 0 aromatic heterocycles. The van der Waals surface area contributed by atoms with E-state index in [-0.39, 0.29) is 6.29 Å². The fraction of sp³-hybridized carbons (Fsp3) is 0.692. The summed E-state index contributed by atoms with van der Waals surface area (Å²) in [6.45, 7) is 5.55. The molecule has 0 N–H and O–H groups in total. The van der Waals surface area contributed by atoms with Crippen LogP contribution in [0.1, 0.15) is 75.7 Å². The second-order valence-electron chi connectivity index (χ2n) is 9.61. The molecule has 0 unspecified atom stereocenters. The van der Waals surface area contributed by atoms with Crippen molar-refractivity contribution in [2.75, 3.05) is 13.2 Å². The molecule has 0 atom stereocenters. The zero-order chi connectivity index (χ0) is 20.1. The summed E-state index contributed by atoms with van der Waals surface area (Å²) in [7, 11) is 0. The number of rotatable bonds is 6. The van der Waals surface area contributed by atoms with Gasteiger partial charge >= 0.3 is 0 Å². The van der Waals surface area contributed by atoms with Crippen molar-refractivity contribution in [3.8, 4) is 0 Å². The molecule has 0 bridgehead atoms. The Morgan fingerprint density at radius 2 is 1.38 bits per heavy atom. The number of hydrogen-bond acceptors (Lipinski definition) is 2. The molecule has 1 aliphatic heterocycles. The van der Waals surface area contributed by atoms with Crippen molar-refractivity contribution >= 4 is 11.6 Å². The van der Waals surface area contributed by atoms with E-state index in [1.54, 1.807) is 0 Å². The highest BCUT2D eigenvalue weighted by Crippen LogP contribution is 2.45. The minimum absolute atomic E-state index is 0.0524. The van der Waals surface area contributed by atoms with Crippen LogP contribution in [-0.4, -0.2) is 19.5 Å². The fourth-order valence-corrected chi connectivity index (χ4v) is 6.02. The molecule has 1 aromatic rings. The van der Waals surface area contributed by atoms with Crippen LogP contribution < -0.4 is 0 Å². The zero-order valence-corrected chi connectivity index (χ0v) is 18.5. The van der Waals surface area contributed by atoms with E-state index in [0.29, 0.717) is 11.8 Å². The average Bonchev–Trinajstić information content (AvgIpc) is 2.79. The quantitative estimate of drug-likeness (QED) is 0.450. The number of halogens is 1. The lowest BCUT2D eigenvalue weighted by Crippen LogP contribution is -2.39. The van der Waals surface area contributed by atoms with E-state index in [1.807, 2.05) is 18.2 Å². The van der Waals surface area contributed by atoms with Gasteiger partial charge in [0.2, 0.25) is 0 Å². The molecule has 29 heavy (non-hydrogen) atoms. The molecule has 1 heterocycles. The van der Waals surface area contributed by atoms with Gasteiger partial charge < -0.3 is 9.47 Å².